The van der Waals surface area contributed by atoms with Crippen LogP contribution in [0.5, 0.6) is 0 Å². The monoisotopic (exact) mass is 1110 g/mol. The number of fused-ring (bicyclic) bond motifs is 4. The number of hydrogen-bond donors (Lipinski definition) is 2. The zero-order valence-electron chi connectivity index (χ0n) is 44.6. The van der Waals surface area contributed by atoms with Crippen molar-refractivity contribution in [2.45, 2.75) is 0 Å². The van der Waals surface area contributed by atoms with E-state index in [0.717, 1.165) is 38.6 Å². The van der Waals surface area contributed by atoms with E-state index < -0.39 is 7.12 Å². The van der Waals surface area contributed by atoms with E-state index in [4.69, 9.17) is 0 Å². The Morgan fingerprint density at radius 2 is 0.549 bits per heavy atom. The fourth-order valence-electron chi connectivity index (χ4n) is 12.3. The van der Waals surface area contributed by atoms with Crippen LogP contribution >= 0.6 is 15.9 Å². The second-order valence-electron chi connectivity index (χ2n) is 20.7. The molecule has 0 amide bonds. The maximum absolute atomic E-state index is 9.23. The van der Waals surface area contributed by atoms with Gasteiger partial charge in [0.1, 0.15) is 0 Å². The molecule has 16 rings (SSSR count). The summed E-state index contributed by atoms with van der Waals surface area (Å²) in [7, 11) is -1.45. The molecule has 6 heteroatoms. The van der Waals surface area contributed by atoms with E-state index in [2.05, 4.69) is 244 Å². The minimum atomic E-state index is -1.45. The van der Waals surface area contributed by atoms with Gasteiger partial charge in [0.15, 0.2) is 0 Å². The summed E-state index contributed by atoms with van der Waals surface area (Å²) in [5.41, 5.74) is 9.44. The van der Waals surface area contributed by atoms with E-state index in [1.807, 2.05) is 72.8 Å². The number of anilines is 6. The number of para-hydroxylation sites is 4. The number of rotatable bonds is 8. The molecule has 0 aliphatic rings. The van der Waals surface area contributed by atoms with Crippen LogP contribution in [0.2, 0.25) is 0 Å². The fraction of sp³-hybridized carbons (Fsp3) is 0. The van der Waals surface area contributed by atoms with Gasteiger partial charge in [0.05, 0.1) is 0 Å². The standard InChI is InChI=1S/C38H25N.C20H11Br.C18H16BNO2/c1-3-12-28(13-4-1)39(29-14-5-2-6-15-29)30-22-20-26(21-23-30)31-24-25-36-34-17-8-11-27-10-7-16-33(37(27)34)35-19-9-18-32(31)38(35)36;21-18-11-10-16-14-7-2-5-12-4-1-6-13(19(12)14)15-8-3-9-17(18)20(15)16;21-19(22)15-11-13-18(14-12-15)20(16-7-3-1-4-8-16)17-9-5-2-6-10-17/h1-25H;1-11H;1-14,21-22H. The molecule has 0 aromatic heterocycles. The predicted molar refractivity (Wildman–Crippen MR) is 354 cm³/mol. The van der Waals surface area contributed by atoms with Crippen molar-refractivity contribution in [3.63, 3.8) is 0 Å². The van der Waals surface area contributed by atoms with E-state index in [9.17, 15) is 10.0 Å². The molecule has 82 heavy (non-hydrogen) atoms. The molecule has 0 radical (unpaired) electrons. The summed E-state index contributed by atoms with van der Waals surface area (Å²) in [6, 6.07) is 106. The summed E-state index contributed by atoms with van der Waals surface area (Å²) in [5.74, 6) is 0. The normalized spacial score (nSPS) is 11.4. The molecular formula is C76H52BBrN2O2. The SMILES string of the molecule is Brc1ccc2c3cccc4cccc(c5cccc1c52)c43.OB(O)c1ccc(N(c2ccccc2)c2ccccc2)cc1.c1ccc(N(c2ccccc2)c2ccc(-c3ccc4c5cccc6cccc(c7cccc3c74)c65)cc2)cc1. The largest absolute Gasteiger partial charge is 0.488 e. The summed E-state index contributed by atoms with van der Waals surface area (Å²) in [4.78, 5) is 4.42. The highest BCUT2D eigenvalue weighted by Gasteiger charge is 2.19. The molecular weight excluding hydrogens is 1060 g/mol. The third-order valence-corrected chi connectivity index (χ3v) is 16.6. The second kappa shape index (κ2) is 21.7. The van der Waals surface area contributed by atoms with E-state index >= 15 is 0 Å². The first-order valence-corrected chi connectivity index (χ1v) is 28.4. The lowest BCUT2D eigenvalue weighted by atomic mass is 9.80. The molecule has 0 saturated heterocycles. The van der Waals surface area contributed by atoms with E-state index in [1.54, 1.807) is 12.1 Å². The van der Waals surface area contributed by atoms with Crippen LogP contribution in [0.4, 0.5) is 34.1 Å². The zero-order chi connectivity index (χ0) is 55.1. The van der Waals surface area contributed by atoms with Crippen molar-refractivity contribution in [1.29, 1.82) is 0 Å². The van der Waals surface area contributed by atoms with Gasteiger partial charge in [-0.25, -0.2) is 0 Å². The van der Waals surface area contributed by atoms with Crippen LogP contribution in [0.15, 0.2) is 308 Å². The predicted octanol–water partition coefficient (Wildman–Crippen LogP) is 20.2. The van der Waals surface area contributed by atoms with Gasteiger partial charge in [0.2, 0.25) is 0 Å². The van der Waals surface area contributed by atoms with Crippen LogP contribution < -0.4 is 15.3 Å². The van der Waals surface area contributed by atoms with Crippen molar-refractivity contribution >= 4 is 149 Å². The Labute approximate surface area is 484 Å². The van der Waals surface area contributed by atoms with E-state index in [-0.39, 0.29) is 0 Å². The van der Waals surface area contributed by atoms with Crippen molar-refractivity contribution < 1.29 is 10.0 Å². The van der Waals surface area contributed by atoms with Crippen molar-refractivity contribution in [1.82, 2.24) is 0 Å². The topological polar surface area (TPSA) is 46.9 Å². The minimum Gasteiger partial charge on any atom is -0.423 e. The van der Waals surface area contributed by atoms with Gasteiger partial charge < -0.3 is 19.8 Å². The number of hydrogen-bond acceptors (Lipinski definition) is 4. The quantitative estimate of drug-likeness (QED) is 0.0904. The first-order valence-electron chi connectivity index (χ1n) is 27.7. The van der Waals surface area contributed by atoms with Crippen LogP contribution in [-0.4, -0.2) is 17.2 Å². The molecule has 0 bridgehead atoms. The summed E-state index contributed by atoms with van der Waals surface area (Å²) < 4.78 is 1.16. The van der Waals surface area contributed by atoms with Gasteiger partial charge in [-0.2, -0.15) is 0 Å². The van der Waals surface area contributed by atoms with Gasteiger partial charge in [-0.3, -0.25) is 0 Å². The minimum absolute atomic E-state index is 0.477. The summed E-state index contributed by atoms with van der Waals surface area (Å²) >= 11 is 3.70. The molecule has 0 fully saturated rings. The van der Waals surface area contributed by atoms with Crippen molar-refractivity contribution in [3.05, 3.63) is 308 Å². The van der Waals surface area contributed by atoms with E-state index in [0.29, 0.717) is 5.46 Å². The van der Waals surface area contributed by atoms with Gasteiger partial charge in [0, 0.05) is 38.6 Å². The Morgan fingerprint density at radius 3 is 0.951 bits per heavy atom. The molecule has 2 N–H and O–H groups in total. The fourth-order valence-corrected chi connectivity index (χ4v) is 12.8. The zero-order valence-corrected chi connectivity index (χ0v) is 46.2. The van der Waals surface area contributed by atoms with Crippen molar-refractivity contribution in [2.75, 3.05) is 9.80 Å². The highest BCUT2D eigenvalue weighted by Crippen LogP contribution is 2.45. The number of benzene rings is 16. The third kappa shape index (κ3) is 9.10. The highest BCUT2D eigenvalue weighted by molar-refractivity contribution is 9.10. The Bertz CT molecular complexity index is 4710. The Morgan fingerprint density at radius 1 is 0.244 bits per heavy atom. The Balaban J connectivity index is 0.000000119. The Hall–Kier alpha value is -9.82. The smallest absolute Gasteiger partial charge is 0.423 e. The maximum Gasteiger partial charge on any atom is 0.488 e. The average Bonchev–Trinajstić information content (AvgIpc) is 1.85. The summed E-state index contributed by atoms with van der Waals surface area (Å²) in [6.07, 6.45) is 0. The molecule has 0 spiro atoms. The molecule has 4 nitrogen and oxygen atoms in total. The molecule has 16 aromatic carbocycles. The lowest BCUT2D eigenvalue weighted by molar-refractivity contribution is 0.426. The van der Waals surface area contributed by atoms with Crippen molar-refractivity contribution in [3.8, 4) is 11.1 Å². The van der Waals surface area contributed by atoms with Gasteiger partial charge >= 0.3 is 7.12 Å². The van der Waals surface area contributed by atoms with Gasteiger partial charge in [-0.15, -0.1) is 0 Å². The van der Waals surface area contributed by atoms with Crippen molar-refractivity contribution in [2.24, 2.45) is 0 Å². The highest BCUT2D eigenvalue weighted by atomic mass is 79.9. The molecule has 0 heterocycles. The van der Waals surface area contributed by atoms with Gasteiger partial charge in [-0.05, 0) is 182 Å². The lowest BCUT2D eigenvalue weighted by Gasteiger charge is -2.25. The van der Waals surface area contributed by atoms with Crippen LogP contribution in [0.1, 0.15) is 0 Å². The summed E-state index contributed by atoms with van der Waals surface area (Å²) in [6.45, 7) is 0. The Kier molecular flexibility index (Phi) is 13.3. The number of nitrogens with zero attached hydrogens (tertiary/aromatic N) is 2. The van der Waals surface area contributed by atoms with Crippen LogP contribution in [0, 0.1) is 0 Å². The molecule has 0 saturated carbocycles. The second-order valence-corrected chi connectivity index (χ2v) is 21.5. The lowest BCUT2D eigenvalue weighted by Crippen LogP contribution is -2.29. The first-order chi connectivity index (χ1) is 40.5. The molecule has 388 valence electrons. The number of halogens is 1. The van der Waals surface area contributed by atoms with Gasteiger partial charge in [0.25, 0.3) is 0 Å². The van der Waals surface area contributed by atoms with Gasteiger partial charge in [-0.1, -0.05) is 240 Å². The average molecular weight is 1120 g/mol. The first kappa shape index (κ1) is 50.4. The van der Waals surface area contributed by atoms with Crippen LogP contribution in [0.3, 0.4) is 0 Å². The van der Waals surface area contributed by atoms with Crippen LogP contribution in [0.25, 0.3) is 97.3 Å². The molecule has 0 atom stereocenters. The maximum atomic E-state index is 9.23. The van der Waals surface area contributed by atoms with E-state index in [1.165, 1.54) is 97.3 Å². The molecule has 0 aliphatic heterocycles. The molecule has 0 unspecified atom stereocenters. The molecule has 16 aromatic rings. The molecule has 0 aliphatic carbocycles. The van der Waals surface area contributed by atoms with Crippen LogP contribution in [-0.2, 0) is 0 Å². The summed E-state index contributed by atoms with van der Waals surface area (Å²) in [5, 5.41) is 39.8. The third-order valence-electron chi connectivity index (χ3n) is 15.9.